The molecule has 4 nitrogen and oxygen atoms in total. The average Bonchev–Trinajstić information content (AvgIpc) is 3.18. The van der Waals surface area contributed by atoms with Gasteiger partial charge in [-0.05, 0) is 35.7 Å². The van der Waals surface area contributed by atoms with E-state index in [1.807, 2.05) is 12.3 Å². The molecule has 0 aromatic carbocycles. The van der Waals surface area contributed by atoms with Gasteiger partial charge in [0.2, 0.25) is 5.91 Å². The van der Waals surface area contributed by atoms with E-state index in [4.69, 9.17) is 0 Å². The van der Waals surface area contributed by atoms with Crippen LogP contribution in [0.15, 0.2) is 16.8 Å². The molecular formula is C15H23N3OS. The molecule has 0 radical (unpaired) electrons. The number of amides is 1. The van der Waals surface area contributed by atoms with E-state index in [0.29, 0.717) is 11.9 Å². The van der Waals surface area contributed by atoms with Crippen LogP contribution >= 0.6 is 11.3 Å². The fraction of sp³-hybridized carbons (Fsp3) is 0.667. The summed E-state index contributed by atoms with van der Waals surface area (Å²) in [5, 5.41) is 7.53. The van der Waals surface area contributed by atoms with Crippen molar-refractivity contribution in [2.24, 2.45) is 0 Å². The van der Waals surface area contributed by atoms with Crippen LogP contribution in [-0.2, 0) is 4.79 Å². The second-order valence-electron chi connectivity index (χ2n) is 5.79. The molecule has 0 spiro atoms. The number of carbonyl (C=O) groups is 1. The maximum Gasteiger partial charge on any atom is 0.229 e. The van der Waals surface area contributed by atoms with Gasteiger partial charge in [-0.15, -0.1) is 0 Å². The van der Waals surface area contributed by atoms with Crippen molar-refractivity contribution in [2.75, 3.05) is 39.3 Å². The summed E-state index contributed by atoms with van der Waals surface area (Å²) in [6.45, 7) is 8.25. The van der Waals surface area contributed by atoms with Crippen molar-refractivity contribution in [1.29, 1.82) is 0 Å². The van der Waals surface area contributed by atoms with Gasteiger partial charge < -0.3 is 10.2 Å². The maximum absolute atomic E-state index is 12.6. The fourth-order valence-corrected chi connectivity index (χ4v) is 3.98. The van der Waals surface area contributed by atoms with Gasteiger partial charge >= 0.3 is 0 Å². The van der Waals surface area contributed by atoms with Gasteiger partial charge in [0.25, 0.3) is 0 Å². The van der Waals surface area contributed by atoms with E-state index in [1.165, 1.54) is 0 Å². The lowest BCUT2D eigenvalue weighted by Gasteiger charge is -2.32. The van der Waals surface area contributed by atoms with Crippen molar-refractivity contribution in [3.05, 3.63) is 22.4 Å². The van der Waals surface area contributed by atoms with E-state index >= 15 is 0 Å². The van der Waals surface area contributed by atoms with Crippen LogP contribution in [0.5, 0.6) is 0 Å². The molecule has 2 saturated heterocycles. The smallest absolute Gasteiger partial charge is 0.229 e. The number of thiophene rings is 1. The zero-order chi connectivity index (χ0) is 13.9. The Balaban J connectivity index is 1.57. The molecule has 0 aliphatic carbocycles. The van der Waals surface area contributed by atoms with Crippen molar-refractivity contribution < 1.29 is 4.79 Å². The molecule has 3 heterocycles. The van der Waals surface area contributed by atoms with Crippen LogP contribution in [0.1, 0.15) is 24.8 Å². The summed E-state index contributed by atoms with van der Waals surface area (Å²) in [7, 11) is 0. The van der Waals surface area contributed by atoms with Gasteiger partial charge in [-0.3, -0.25) is 9.69 Å². The highest BCUT2D eigenvalue weighted by atomic mass is 32.1. The van der Waals surface area contributed by atoms with Gasteiger partial charge in [0.05, 0.1) is 5.92 Å². The molecule has 1 amide bonds. The molecular weight excluding hydrogens is 270 g/mol. The Morgan fingerprint density at radius 1 is 1.40 bits per heavy atom. The maximum atomic E-state index is 12.6. The lowest BCUT2D eigenvalue weighted by atomic mass is 10.0. The van der Waals surface area contributed by atoms with E-state index in [-0.39, 0.29) is 5.92 Å². The van der Waals surface area contributed by atoms with Gasteiger partial charge in [-0.2, -0.15) is 11.3 Å². The summed E-state index contributed by atoms with van der Waals surface area (Å²) in [5.74, 6) is 0.295. The topological polar surface area (TPSA) is 35.6 Å². The minimum Gasteiger partial charge on any atom is -0.341 e. The normalized spacial score (nSPS) is 25.9. The van der Waals surface area contributed by atoms with Crippen LogP contribution in [0.3, 0.4) is 0 Å². The van der Waals surface area contributed by atoms with Crippen molar-refractivity contribution in [3.8, 4) is 0 Å². The Morgan fingerprint density at radius 2 is 2.20 bits per heavy atom. The number of nitrogens with one attached hydrogen (secondary N) is 1. The zero-order valence-electron chi connectivity index (χ0n) is 12.0. The van der Waals surface area contributed by atoms with Gasteiger partial charge in [0.1, 0.15) is 0 Å². The van der Waals surface area contributed by atoms with E-state index in [1.54, 1.807) is 11.3 Å². The van der Waals surface area contributed by atoms with E-state index < -0.39 is 0 Å². The molecule has 3 rings (SSSR count). The van der Waals surface area contributed by atoms with Crippen molar-refractivity contribution in [1.82, 2.24) is 15.1 Å². The van der Waals surface area contributed by atoms with Crippen LogP contribution in [0, 0.1) is 0 Å². The lowest BCUT2D eigenvalue weighted by molar-refractivity contribution is -0.131. The molecule has 20 heavy (non-hydrogen) atoms. The Bertz CT molecular complexity index is 442. The number of nitrogens with zero attached hydrogens (tertiary/aromatic N) is 2. The largest absolute Gasteiger partial charge is 0.341 e. The first-order chi connectivity index (χ1) is 9.75. The van der Waals surface area contributed by atoms with E-state index in [0.717, 1.165) is 51.3 Å². The molecule has 2 fully saturated rings. The molecule has 2 atom stereocenters. The van der Waals surface area contributed by atoms with Crippen molar-refractivity contribution in [3.63, 3.8) is 0 Å². The predicted octanol–water partition coefficient (Wildman–Crippen LogP) is 1.36. The highest BCUT2D eigenvalue weighted by Gasteiger charge is 2.32. The molecule has 110 valence electrons. The Hall–Kier alpha value is -0.910. The van der Waals surface area contributed by atoms with Gasteiger partial charge in [0.15, 0.2) is 0 Å². The number of hydrogen-bond donors (Lipinski definition) is 1. The lowest BCUT2D eigenvalue weighted by Crippen LogP contribution is -2.49. The monoisotopic (exact) mass is 293 g/mol. The number of piperazine rings is 1. The van der Waals surface area contributed by atoms with Gasteiger partial charge in [-0.25, -0.2) is 0 Å². The number of likely N-dealkylation sites (tertiary alicyclic amines) is 1. The minimum atomic E-state index is 0.00280. The highest BCUT2D eigenvalue weighted by molar-refractivity contribution is 7.08. The molecule has 2 aliphatic heterocycles. The predicted molar refractivity (Wildman–Crippen MR) is 82.2 cm³/mol. The number of carbonyl (C=O) groups excluding carboxylic acids is 1. The van der Waals surface area contributed by atoms with Crippen LogP contribution in [0.2, 0.25) is 0 Å². The van der Waals surface area contributed by atoms with Gasteiger partial charge in [-0.1, -0.05) is 0 Å². The van der Waals surface area contributed by atoms with Crippen LogP contribution < -0.4 is 5.32 Å². The minimum absolute atomic E-state index is 0.00280. The Kier molecular flexibility index (Phi) is 4.38. The third-order valence-corrected chi connectivity index (χ3v) is 5.26. The third-order valence-electron chi connectivity index (χ3n) is 4.56. The quantitative estimate of drug-likeness (QED) is 0.914. The first kappa shape index (κ1) is 14.0. The molecule has 0 saturated carbocycles. The Morgan fingerprint density at radius 3 is 2.90 bits per heavy atom. The molecule has 2 unspecified atom stereocenters. The summed E-state index contributed by atoms with van der Waals surface area (Å²) in [6.07, 6.45) is 1.13. The van der Waals surface area contributed by atoms with Crippen LogP contribution in [0.4, 0.5) is 0 Å². The molecule has 2 aliphatic rings. The highest BCUT2D eigenvalue weighted by Crippen LogP contribution is 2.24. The van der Waals surface area contributed by atoms with Crippen LogP contribution in [-0.4, -0.2) is 61.0 Å². The molecule has 1 aromatic heterocycles. The molecule has 1 N–H and O–H groups in total. The SMILES string of the molecule is CC(C(=O)N1CCC(N2CCNCC2)C1)c1ccsc1. The summed E-state index contributed by atoms with van der Waals surface area (Å²) >= 11 is 1.67. The summed E-state index contributed by atoms with van der Waals surface area (Å²) in [5.41, 5.74) is 1.16. The first-order valence-corrected chi connectivity index (χ1v) is 8.45. The molecule has 0 bridgehead atoms. The van der Waals surface area contributed by atoms with Crippen molar-refractivity contribution in [2.45, 2.75) is 25.3 Å². The van der Waals surface area contributed by atoms with E-state index in [2.05, 4.69) is 26.6 Å². The first-order valence-electron chi connectivity index (χ1n) is 7.51. The molecule has 5 heteroatoms. The standard InChI is InChI=1S/C15H23N3OS/c1-12(13-3-9-20-11-13)15(19)18-6-2-14(10-18)17-7-4-16-5-8-17/h3,9,11-12,14,16H,2,4-8,10H2,1H3. The number of rotatable bonds is 3. The van der Waals surface area contributed by atoms with Crippen LogP contribution in [0.25, 0.3) is 0 Å². The summed E-state index contributed by atoms with van der Waals surface area (Å²) in [4.78, 5) is 17.2. The van der Waals surface area contributed by atoms with Crippen molar-refractivity contribution >= 4 is 17.2 Å². The van der Waals surface area contributed by atoms with E-state index in [9.17, 15) is 4.79 Å². The molecule has 1 aromatic rings. The summed E-state index contributed by atoms with van der Waals surface area (Å²) in [6, 6.07) is 2.63. The zero-order valence-corrected chi connectivity index (χ0v) is 12.9. The Labute approximate surface area is 124 Å². The van der Waals surface area contributed by atoms with Gasteiger partial charge in [0, 0.05) is 45.3 Å². The second kappa shape index (κ2) is 6.24. The fourth-order valence-electron chi connectivity index (χ4n) is 3.23. The average molecular weight is 293 g/mol. The third kappa shape index (κ3) is 2.90. The number of hydrogen-bond acceptors (Lipinski definition) is 4. The second-order valence-corrected chi connectivity index (χ2v) is 6.57. The summed E-state index contributed by atoms with van der Waals surface area (Å²) < 4.78 is 0.